The van der Waals surface area contributed by atoms with Crippen LogP contribution < -0.4 is 5.32 Å². The Morgan fingerprint density at radius 1 is 1.20 bits per heavy atom. The van der Waals surface area contributed by atoms with Gasteiger partial charge >= 0.3 is 0 Å². The van der Waals surface area contributed by atoms with E-state index >= 15 is 0 Å². The Morgan fingerprint density at radius 2 is 2.04 bits per heavy atom. The fourth-order valence-electron chi connectivity index (χ4n) is 3.30. The molecule has 0 spiro atoms. The van der Waals surface area contributed by atoms with Crippen LogP contribution in [-0.4, -0.2) is 15.9 Å². The Morgan fingerprint density at radius 3 is 2.84 bits per heavy atom. The number of anilines is 1. The van der Waals surface area contributed by atoms with Crippen LogP contribution in [0.15, 0.2) is 48.1 Å². The van der Waals surface area contributed by atoms with Crippen molar-refractivity contribution in [2.45, 2.75) is 32.1 Å². The number of carbonyl (C=O) groups excluding carboxylic acids is 1. The molecule has 1 amide bonds. The molecular weight excluding hydrogens is 330 g/mol. The second-order valence-electron chi connectivity index (χ2n) is 6.27. The van der Waals surface area contributed by atoms with Crippen molar-refractivity contribution < 1.29 is 4.79 Å². The largest absolute Gasteiger partial charge is 0.326 e. The average Bonchev–Trinajstić information content (AvgIpc) is 3.08. The molecule has 0 radical (unpaired) electrons. The van der Waals surface area contributed by atoms with Gasteiger partial charge in [-0.25, -0.2) is 4.98 Å². The zero-order valence-electron chi connectivity index (χ0n) is 14.0. The van der Waals surface area contributed by atoms with E-state index in [4.69, 9.17) is 4.98 Å². The second kappa shape index (κ2) is 6.76. The van der Waals surface area contributed by atoms with Gasteiger partial charge in [0, 0.05) is 41.0 Å². The molecule has 0 saturated carbocycles. The van der Waals surface area contributed by atoms with E-state index in [1.54, 1.807) is 23.7 Å². The maximum atomic E-state index is 11.9. The first-order valence-electron chi connectivity index (χ1n) is 8.54. The molecule has 4 rings (SSSR count). The number of amides is 1. The zero-order chi connectivity index (χ0) is 17.2. The number of hydrogen-bond donors (Lipinski definition) is 1. The number of fused-ring (bicyclic) bond motifs is 1. The maximum absolute atomic E-state index is 11.9. The maximum Gasteiger partial charge on any atom is 0.224 e. The van der Waals surface area contributed by atoms with Crippen LogP contribution in [0.25, 0.3) is 21.8 Å². The van der Waals surface area contributed by atoms with Crippen molar-refractivity contribution in [3.8, 4) is 21.8 Å². The molecule has 5 heteroatoms. The number of aromatic nitrogens is 2. The van der Waals surface area contributed by atoms with Crippen molar-refractivity contribution in [2.24, 2.45) is 0 Å². The Kier molecular flexibility index (Phi) is 4.32. The van der Waals surface area contributed by atoms with Gasteiger partial charge in [0.25, 0.3) is 0 Å². The number of pyridine rings is 1. The molecule has 126 valence electrons. The molecule has 2 aromatic heterocycles. The first-order chi connectivity index (χ1) is 12.2. The number of nitrogens with one attached hydrogen (secondary N) is 1. The Hall–Kier alpha value is -2.53. The van der Waals surface area contributed by atoms with E-state index in [2.05, 4.69) is 28.7 Å². The molecular formula is C20H19N3OS. The van der Waals surface area contributed by atoms with E-state index in [1.807, 2.05) is 24.3 Å². The molecule has 1 unspecified atom stereocenters. The number of benzene rings is 1. The van der Waals surface area contributed by atoms with Crippen molar-refractivity contribution in [3.63, 3.8) is 0 Å². The smallest absolute Gasteiger partial charge is 0.224 e. The molecule has 0 fully saturated rings. The van der Waals surface area contributed by atoms with Gasteiger partial charge < -0.3 is 5.32 Å². The molecule has 0 saturated heterocycles. The van der Waals surface area contributed by atoms with E-state index in [0.29, 0.717) is 12.3 Å². The summed E-state index contributed by atoms with van der Waals surface area (Å²) in [5.74, 6) is 0.519. The number of rotatable bonds is 3. The molecule has 1 N–H and O–H groups in total. The summed E-state index contributed by atoms with van der Waals surface area (Å²) in [6.45, 7) is 2.18. The summed E-state index contributed by atoms with van der Waals surface area (Å²) < 4.78 is 0. The van der Waals surface area contributed by atoms with Crippen molar-refractivity contribution in [2.75, 3.05) is 5.32 Å². The lowest BCUT2D eigenvalue weighted by atomic mass is 9.90. The molecule has 0 aliphatic carbocycles. The van der Waals surface area contributed by atoms with Crippen LogP contribution in [0.3, 0.4) is 0 Å². The van der Waals surface area contributed by atoms with Gasteiger partial charge in [0.2, 0.25) is 5.91 Å². The topological polar surface area (TPSA) is 54.9 Å². The summed E-state index contributed by atoms with van der Waals surface area (Å²) in [6, 6.07) is 10.2. The van der Waals surface area contributed by atoms with Crippen LogP contribution in [0.5, 0.6) is 0 Å². The van der Waals surface area contributed by atoms with E-state index in [1.165, 1.54) is 5.56 Å². The summed E-state index contributed by atoms with van der Waals surface area (Å²) in [6.07, 6.45) is 6.09. The third kappa shape index (κ3) is 3.20. The summed E-state index contributed by atoms with van der Waals surface area (Å²) in [7, 11) is 0. The highest BCUT2D eigenvalue weighted by Crippen LogP contribution is 2.37. The fraction of sp³-hybridized carbons (Fsp3) is 0.250. The Bertz CT molecular complexity index is 904. The van der Waals surface area contributed by atoms with Gasteiger partial charge in [-0.3, -0.25) is 9.78 Å². The monoisotopic (exact) mass is 349 g/mol. The van der Waals surface area contributed by atoms with E-state index in [-0.39, 0.29) is 5.91 Å². The normalized spacial score (nSPS) is 16.8. The number of nitrogens with zero attached hydrogens (tertiary/aromatic N) is 2. The molecule has 25 heavy (non-hydrogen) atoms. The van der Waals surface area contributed by atoms with E-state index < -0.39 is 0 Å². The quantitative estimate of drug-likeness (QED) is 0.716. The molecule has 3 aromatic rings. The first kappa shape index (κ1) is 16.0. The van der Waals surface area contributed by atoms with Crippen LogP contribution in [0.1, 0.15) is 37.7 Å². The SMILES string of the molecule is CCC1CCC(=O)Nc2ccc(-c3csc(-c4ccncc4)n3)cc21. The fourth-order valence-corrected chi connectivity index (χ4v) is 4.14. The molecule has 3 heterocycles. The van der Waals surface area contributed by atoms with Gasteiger partial charge in [-0.1, -0.05) is 13.0 Å². The molecule has 4 nitrogen and oxygen atoms in total. The summed E-state index contributed by atoms with van der Waals surface area (Å²) >= 11 is 1.64. The van der Waals surface area contributed by atoms with Crippen molar-refractivity contribution in [1.82, 2.24) is 9.97 Å². The van der Waals surface area contributed by atoms with Gasteiger partial charge in [-0.2, -0.15) is 0 Å². The van der Waals surface area contributed by atoms with Crippen LogP contribution in [-0.2, 0) is 4.79 Å². The lowest BCUT2D eigenvalue weighted by Crippen LogP contribution is -2.09. The van der Waals surface area contributed by atoms with Crippen LogP contribution in [0, 0.1) is 0 Å². The Labute approximate surface area is 151 Å². The van der Waals surface area contributed by atoms with Crippen LogP contribution in [0.4, 0.5) is 5.69 Å². The van der Waals surface area contributed by atoms with Crippen LogP contribution >= 0.6 is 11.3 Å². The lowest BCUT2D eigenvalue weighted by molar-refractivity contribution is -0.116. The third-order valence-corrected chi connectivity index (χ3v) is 5.60. The van der Waals surface area contributed by atoms with E-state index in [9.17, 15) is 4.79 Å². The highest BCUT2D eigenvalue weighted by Gasteiger charge is 2.21. The minimum atomic E-state index is 0.110. The number of hydrogen-bond acceptors (Lipinski definition) is 4. The van der Waals surface area contributed by atoms with Crippen molar-refractivity contribution in [1.29, 1.82) is 0 Å². The minimum Gasteiger partial charge on any atom is -0.326 e. The molecule has 1 aromatic carbocycles. The highest BCUT2D eigenvalue weighted by atomic mass is 32.1. The Balaban J connectivity index is 1.71. The van der Waals surface area contributed by atoms with Crippen LogP contribution in [0.2, 0.25) is 0 Å². The zero-order valence-corrected chi connectivity index (χ0v) is 14.8. The van der Waals surface area contributed by atoms with Gasteiger partial charge in [-0.05, 0) is 48.6 Å². The van der Waals surface area contributed by atoms with E-state index in [0.717, 1.165) is 40.4 Å². The second-order valence-corrected chi connectivity index (χ2v) is 7.13. The van der Waals surface area contributed by atoms with Gasteiger partial charge in [-0.15, -0.1) is 11.3 Å². The molecule has 1 atom stereocenters. The molecule has 0 bridgehead atoms. The molecule has 1 aliphatic heterocycles. The van der Waals surface area contributed by atoms with Crippen molar-refractivity contribution >= 4 is 22.9 Å². The minimum absolute atomic E-state index is 0.110. The predicted molar refractivity (Wildman–Crippen MR) is 102 cm³/mol. The summed E-state index contributed by atoms with van der Waals surface area (Å²) in [5, 5.41) is 6.12. The summed E-state index contributed by atoms with van der Waals surface area (Å²) in [4.78, 5) is 20.7. The predicted octanol–water partition coefficient (Wildman–Crippen LogP) is 5.10. The number of thiazole rings is 1. The molecule has 1 aliphatic rings. The summed E-state index contributed by atoms with van der Waals surface area (Å²) in [5.41, 5.74) is 5.33. The first-order valence-corrected chi connectivity index (χ1v) is 9.42. The van der Waals surface area contributed by atoms with Gasteiger partial charge in [0.05, 0.1) is 5.69 Å². The highest BCUT2D eigenvalue weighted by molar-refractivity contribution is 7.13. The number of carbonyl (C=O) groups is 1. The lowest BCUT2D eigenvalue weighted by Gasteiger charge is -2.16. The standard InChI is InChI=1S/C20H19N3OS/c1-2-13-4-6-19(24)22-17-5-3-15(11-16(13)17)18-12-25-20(23-18)14-7-9-21-10-8-14/h3,5,7-13H,2,4,6H2,1H3,(H,22,24). The van der Waals surface area contributed by atoms with Gasteiger partial charge in [0.1, 0.15) is 5.01 Å². The third-order valence-electron chi connectivity index (χ3n) is 4.71. The van der Waals surface area contributed by atoms with Crippen molar-refractivity contribution in [3.05, 3.63) is 53.7 Å². The van der Waals surface area contributed by atoms with Gasteiger partial charge in [0.15, 0.2) is 0 Å². The average molecular weight is 349 g/mol.